The first-order valence-electron chi connectivity index (χ1n) is 5.80. The van der Waals surface area contributed by atoms with Gasteiger partial charge >= 0.3 is 0 Å². The van der Waals surface area contributed by atoms with Crippen molar-refractivity contribution in [3.63, 3.8) is 0 Å². The van der Waals surface area contributed by atoms with E-state index in [1.54, 1.807) is 22.8 Å². The lowest BCUT2D eigenvalue weighted by Gasteiger charge is -2.14. The molecule has 1 heterocycles. The summed E-state index contributed by atoms with van der Waals surface area (Å²) < 4.78 is 20.8. The molecule has 19 heavy (non-hydrogen) atoms. The Hall–Kier alpha value is -1.95. The third kappa shape index (κ3) is 3.08. The van der Waals surface area contributed by atoms with Gasteiger partial charge in [0.25, 0.3) is 0 Å². The molecule has 0 bridgehead atoms. The highest BCUT2D eigenvalue weighted by Crippen LogP contribution is 2.20. The number of H-pyrrole nitrogens is 1. The second-order valence-corrected chi connectivity index (χ2v) is 4.39. The average Bonchev–Trinajstić information content (AvgIpc) is 2.75. The first-order valence-corrected chi connectivity index (χ1v) is 6.21. The van der Waals surface area contributed by atoms with Crippen LogP contribution in [-0.4, -0.2) is 14.8 Å². The van der Waals surface area contributed by atoms with E-state index in [9.17, 15) is 4.39 Å². The molecule has 0 saturated carbocycles. The zero-order chi connectivity index (χ0) is 13.8. The van der Waals surface area contributed by atoms with E-state index < -0.39 is 0 Å². The summed E-state index contributed by atoms with van der Waals surface area (Å²) in [6, 6.07) is 5.85. The largest absolute Gasteiger partial charge is 0.483 e. The Balaban J connectivity index is 2.20. The molecule has 0 aliphatic rings. The number of ether oxygens (including phenoxy) is 1. The van der Waals surface area contributed by atoms with Crippen LogP contribution in [0, 0.1) is 10.6 Å². The molecule has 1 aromatic heterocycles. The van der Waals surface area contributed by atoms with Crippen molar-refractivity contribution < 1.29 is 9.13 Å². The number of halogens is 1. The van der Waals surface area contributed by atoms with Crippen LogP contribution < -0.4 is 4.74 Å². The van der Waals surface area contributed by atoms with Crippen molar-refractivity contribution in [2.75, 3.05) is 0 Å². The summed E-state index contributed by atoms with van der Waals surface area (Å²) in [5, 5.41) is 6.87. The molecular weight excluding hydrogens is 265 g/mol. The average molecular weight is 279 g/mol. The number of nitrogens with zero attached hydrogens (tertiary/aromatic N) is 2. The third-order valence-corrected chi connectivity index (χ3v) is 2.90. The molecule has 2 aromatic rings. The quantitative estimate of drug-likeness (QED) is 0.673. The monoisotopic (exact) mass is 279 g/mol. The molecule has 0 spiro atoms. The second-order valence-electron chi connectivity index (χ2n) is 4.00. The Bertz CT molecular complexity index is 618. The van der Waals surface area contributed by atoms with Crippen LogP contribution in [0.3, 0.4) is 0 Å². The summed E-state index contributed by atoms with van der Waals surface area (Å²) in [4.78, 5) is 0. The van der Waals surface area contributed by atoms with Crippen LogP contribution in [0.15, 0.2) is 36.9 Å². The number of rotatable bonds is 5. The van der Waals surface area contributed by atoms with Gasteiger partial charge in [-0.15, -0.1) is 6.58 Å². The number of aromatic amines is 1. The van der Waals surface area contributed by atoms with E-state index in [0.29, 0.717) is 22.9 Å². The Morgan fingerprint density at radius 1 is 1.53 bits per heavy atom. The van der Waals surface area contributed by atoms with Crippen LogP contribution in [0.25, 0.3) is 0 Å². The molecule has 2 rings (SSSR count). The lowest BCUT2D eigenvalue weighted by atomic mass is 10.3. The van der Waals surface area contributed by atoms with Crippen LogP contribution in [0.2, 0.25) is 0 Å². The van der Waals surface area contributed by atoms with Crippen molar-refractivity contribution in [1.82, 2.24) is 14.8 Å². The van der Waals surface area contributed by atoms with Gasteiger partial charge in [-0.25, -0.2) is 4.39 Å². The molecule has 0 saturated heterocycles. The van der Waals surface area contributed by atoms with Crippen molar-refractivity contribution in [3.8, 4) is 5.75 Å². The summed E-state index contributed by atoms with van der Waals surface area (Å²) in [5.74, 6) is 0.955. The van der Waals surface area contributed by atoms with Gasteiger partial charge in [0.15, 0.2) is 16.7 Å². The van der Waals surface area contributed by atoms with E-state index in [4.69, 9.17) is 17.0 Å². The van der Waals surface area contributed by atoms with Crippen molar-refractivity contribution in [2.24, 2.45) is 0 Å². The smallest absolute Gasteiger partial charge is 0.195 e. The number of allylic oxidation sites excluding steroid dienone is 1. The summed E-state index contributed by atoms with van der Waals surface area (Å²) in [6.07, 6.45) is 1.43. The Morgan fingerprint density at radius 3 is 2.84 bits per heavy atom. The summed E-state index contributed by atoms with van der Waals surface area (Å²) in [5.41, 5.74) is 0. The molecule has 0 amide bonds. The van der Waals surface area contributed by atoms with Crippen molar-refractivity contribution in [3.05, 3.63) is 53.3 Å². The molecule has 6 heteroatoms. The lowest BCUT2D eigenvalue weighted by Crippen LogP contribution is -2.11. The fourth-order valence-electron chi connectivity index (χ4n) is 1.72. The first-order chi connectivity index (χ1) is 9.11. The third-order valence-electron chi connectivity index (χ3n) is 2.59. The predicted octanol–water partition coefficient (Wildman–Crippen LogP) is 3.41. The highest BCUT2D eigenvalue weighted by molar-refractivity contribution is 7.71. The van der Waals surface area contributed by atoms with Gasteiger partial charge in [-0.1, -0.05) is 6.08 Å². The molecule has 4 nitrogen and oxygen atoms in total. The van der Waals surface area contributed by atoms with E-state index in [1.807, 2.05) is 6.92 Å². The normalized spacial score (nSPS) is 12.1. The number of aromatic nitrogens is 3. The lowest BCUT2D eigenvalue weighted by molar-refractivity contribution is 0.211. The van der Waals surface area contributed by atoms with Gasteiger partial charge in [-0.3, -0.25) is 9.67 Å². The van der Waals surface area contributed by atoms with E-state index in [1.165, 1.54) is 12.1 Å². The van der Waals surface area contributed by atoms with E-state index >= 15 is 0 Å². The minimum absolute atomic E-state index is 0.297. The van der Waals surface area contributed by atoms with Crippen LogP contribution in [0.1, 0.15) is 18.9 Å². The Kier molecular flexibility index (Phi) is 4.11. The maximum absolute atomic E-state index is 12.8. The zero-order valence-electron chi connectivity index (χ0n) is 10.5. The maximum atomic E-state index is 12.8. The van der Waals surface area contributed by atoms with Crippen LogP contribution in [0.5, 0.6) is 5.75 Å². The number of hydrogen-bond acceptors (Lipinski definition) is 3. The van der Waals surface area contributed by atoms with Gasteiger partial charge in [0, 0.05) is 6.54 Å². The molecular formula is C13H14FN3OS. The molecule has 100 valence electrons. The van der Waals surface area contributed by atoms with Crippen molar-refractivity contribution in [1.29, 1.82) is 0 Å². The SMILES string of the molecule is C=CCn1c(C(C)Oc2ccc(F)cc2)n[nH]c1=S. The highest BCUT2D eigenvalue weighted by Gasteiger charge is 2.15. The number of benzene rings is 1. The molecule has 1 atom stereocenters. The summed E-state index contributed by atoms with van der Waals surface area (Å²) in [6.45, 7) is 6.09. The molecule has 1 N–H and O–H groups in total. The fourth-order valence-corrected chi connectivity index (χ4v) is 1.93. The van der Waals surface area contributed by atoms with Gasteiger partial charge in [-0.05, 0) is 43.4 Å². The minimum atomic E-state index is -0.307. The summed E-state index contributed by atoms with van der Waals surface area (Å²) in [7, 11) is 0. The van der Waals surface area contributed by atoms with Gasteiger partial charge in [0.1, 0.15) is 11.6 Å². The molecule has 0 fully saturated rings. The molecule has 0 aliphatic carbocycles. The molecule has 1 aromatic carbocycles. The first kappa shape index (κ1) is 13.5. The van der Waals surface area contributed by atoms with Gasteiger partial charge < -0.3 is 4.74 Å². The Morgan fingerprint density at radius 2 is 2.21 bits per heavy atom. The number of hydrogen-bond donors (Lipinski definition) is 1. The van der Waals surface area contributed by atoms with E-state index in [2.05, 4.69) is 16.8 Å². The second kappa shape index (κ2) is 5.79. The van der Waals surface area contributed by atoms with E-state index in [0.717, 1.165) is 0 Å². The molecule has 0 aliphatic heterocycles. The Labute approximate surface area is 115 Å². The van der Waals surface area contributed by atoms with Gasteiger partial charge in [0.2, 0.25) is 0 Å². The predicted molar refractivity (Wildman–Crippen MR) is 73.1 cm³/mol. The van der Waals surface area contributed by atoms with Crippen LogP contribution in [-0.2, 0) is 6.54 Å². The van der Waals surface area contributed by atoms with Crippen molar-refractivity contribution in [2.45, 2.75) is 19.6 Å². The van der Waals surface area contributed by atoms with Gasteiger partial charge in [0.05, 0.1) is 0 Å². The molecule has 1 unspecified atom stereocenters. The van der Waals surface area contributed by atoms with E-state index in [-0.39, 0.29) is 11.9 Å². The van der Waals surface area contributed by atoms with Crippen molar-refractivity contribution >= 4 is 12.2 Å². The standard InChI is InChI=1S/C13H14FN3OS/c1-3-8-17-12(15-16-13(17)19)9(2)18-11-6-4-10(14)5-7-11/h3-7,9H,1,8H2,2H3,(H,16,19). The minimum Gasteiger partial charge on any atom is -0.483 e. The van der Waals surface area contributed by atoms with Crippen LogP contribution in [0.4, 0.5) is 4.39 Å². The topological polar surface area (TPSA) is 42.8 Å². The fraction of sp³-hybridized carbons (Fsp3) is 0.231. The summed E-state index contributed by atoms with van der Waals surface area (Å²) >= 11 is 5.13. The zero-order valence-corrected chi connectivity index (χ0v) is 11.3. The number of nitrogens with one attached hydrogen (secondary N) is 1. The molecule has 0 radical (unpaired) electrons. The highest BCUT2D eigenvalue weighted by atomic mass is 32.1. The van der Waals surface area contributed by atoms with Gasteiger partial charge in [-0.2, -0.15) is 5.10 Å². The maximum Gasteiger partial charge on any atom is 0.195 e. The van der Waals surface area contributed by atoms with Crippen LogP contribution >= 0.6 is 12.2 Å².